The molecule has 1 aliphatic heterocycles. The Morgan fingerprint density at radius 2 is 1.79 bits per heavy atom. The van der Waals surface area contributed by atoms with E-state index in [0.717, 1.165) is 62.5 Å². The molecule has 0 atom stereocenters. The van der Waals surface area contributed by atoms with Crippen molar-refractivity contribution in [2.24, 2.45) is 0 Å². The molecule has 0 amide bonds. The van der Waals surface area contributed by atoms with Crippen LogP contribution < -0.4 is 15.4 Å². The summed E-state index contributed by atoms with van der Waals surface area (Å²) in [5.41, 5.74) is 4.11. The van der Waals surface area contributed by atoms with E-state index in [4.69, 9.17) is 9.72 Å². The highest BCUT2D eigenvalue weighted by Gasteiger charge is 2.21. The SMILES string of the molecule is COc1ccc(CCNc2nc(NC3CCN(Cc4ccccc4)CC3)nc3nc[nH]c23)cc1. The number of H-pyrrole nitrogens is 1. The molecule has 2 aromatic heterocycles. The second-order valence-electron chi connectivity index (χ2n) is 8.70. The smallest absolute Gasteiger partial charge is 0.227 e. The van der Waals surface area contributed by atoms with Gasteiger partial charge in [0.15, 0.2) is 11.5 Å². The summed E-state index contributed by atoms with van der Waals surface area (Å²) in [7, 11) is 1.68. The van der Waals surface area contributed by atoms with Crippen LogP contribution in [0.1, 0.15) is 24.0 Å². The average molecular weight is 458 g/mol. The van der Waals surface area contributed by atoms with Crippen molar-refractivity contribution < 1.29 is 4.74 Å². The van der Waals surface area contributed by atoms with E-state index in [0.29, 0.717) is 17.6 Å². The van der Waals surface area contributed by atoms with Crippen molar-refractivity contribution in [1.29, 1.82) is 0 Å². The van der Waals surface area contributed by atoms with Gasteiger partial charge < -0.3 is 20.4 Å². The average Bonchev–Trinajstić information content (AvgIpc) is 3.35. The van der Waals surface area contributed by atoms with Gasteiger partial charge in [-0.3, -0.25) is 4.90 Å². The lowest BCUT2D eigenvalue weighted by molar-refractivity contribution is 0.211. The molecule has 8 heteroatoms. The Balaban J connectivity index is 1.18. The summed E-state index contributed by atoms with van der Waals surface area (Å²) in [4.78, 5) is 19.4. The molecule has 8 nitrogen and oxygen atoms in total. The van der Waals surface area contributed by atoms with Gasteiger partial charge in [-0.15, -0.1) is 0 Å². The van der Waals surface area contributed by atoms with Crippen LogP contribution >= 0.6 is 0 Å². The number of rotatable bonds is 9. The first kappa shape index (κ1) is 22.2. The number of aromatic nitrogens is 4. The van der Waals surface area contributed by atoms with Gasteiger partial charge in [0.2, 0.25) is 5.95 Å². The standard InChI is InChI=1S/C26H31N7O/c1-34-22-9-7-19(8-10-22)11-14-27-24-23-25(29-18-28-23)32-26(31-24)30-21-12-15-33(16-13-21)17-20-5-3-2-4-6-20/h2-10,18,21H,11-17H2,1H3,(H3,27,28,29,30,31,32). The van der Waals surface area contributed by atoms with Gasteiger partial charge in [0.05, 0.1) is 13.4 Å². The first-order valence-corrected chi connectivity index (χ1v) is 11.9. The zero-order chi connectivity index (χ0) is 23.2. The summed E-state index contributed by atoms with van der Waals surface area (Å²) >= 11 is 0. The van der Waals surface area contributed by atoms with E-state index in [-0.39, 0.29) is 0 Å². The Bertz CT molecular complexity index is 1180. The summed E-state index contributed by atoms with van der Waals surface area (Å²) in [6.07, 6.45) is 4.68. The molecule has 0 saturated carbocycles. The van der Waals surface area contributed by atoms with Crippen LogP contribution in [0.2, 0.25) is 0 Å². The van der Waals surface area contributed by atoms with E-state index in [9.17, 15) is 0 Å². The molecule has 1 aliphatic rings. The van der Waals surface area contributed by atoms with E-state index in [1.165, 1.54) is 11.1 Å². The molecular formula is C26H31N7O. The first-order chi connectivity index (χ1) is 16.8. The number of piperidine rings is 1. The molecule has 1 fully saturated rings. The zero-order valence-corrected chi connectivity index (χ0v) is 19.5. The second-order valence-corrected chi connectivity index (χ2v) is 8.70. The monoisotopic (exact) mass is 457 g/mol. The Hall–Kier alpha value is -3.65. The molecule has 0 radical (unpaired) electrons. The summed E-state index contributed by atoms with van der Waals surface area (Å²) in [5, 5.41) is 7.01. The van der Waals surface area contributed by atoms with Crippen molar-refractivity contribution in [3.05, 3.63) is 72.1 Å². The molecule has 4 aromatic rings. The lowest BCUT2D eigenvalue weighted by atomic mass is 10.0. The van der Waals surface area contributed by atoms with Crippen LogP contribution in [0.25, 0.3) is 11.2 Å². The molecule has 3 N–H and O–H groups in total. The fourth-order valence-corrected chi connectivity index (χ4v) is 4.40. The van der Waals surface area contributed by atoms with Crippen LogP contribution in [0.4, 0.5) is 11.8 Å². The Labute approximate surface area is 199 Å². The van der Waals surface area contributed by atoms with Gasteiger partial charge in [0.25, 0.3) is 0 Å². The van der Waals surface area contributed by atoms with Gasteiger partial charge in [-0.2, -0.15) is 9.97 Å². The second kappa shape index (κ2) is 10.5. The van der Waals surface area contributed by atoms with E-state index >= 15 is 0 Å². The van der Waals surface area contributed by atoms with Crippen molar-refractivity contribution in [3.63, 3.8) is 0 Å². The molecular weight excluding hydrogens is 426 g/mol. The highest BCUT2D eigenvalue weighted by molar-refractivity contribution is 5.83. The maximum Gasteiger partial charge on any atom is 0.227 e. The maximum absolute atomic E-state index is 5.24. The third-order valence-corrected chi connectivity index (χ3v) is 6.32. The van der Waals surface area contributed by atoms with Crippen LogP contribution in [0.15, 0.2) is 60.9 Å². The minimum atomic E-state index is 0.357. The molecule has 1 saturated heterocycles. The number of benzene rings is 2. The van der Waals surface area contributed by atoms with E-state index in [1.807, 2.05) is 12.1 Å². The largest absolute Gasteiger partial charge is 0.497 e. The van der Waals surface area contributed by atoms with Crippen molar-refractivity contribution in [2.75, 3.05) is 37.4 Å². The van der Waals surface area contributed by atoms with Crippen molar-refractivity contribution >= 4 is 22.9 Å². The minimum absolute atomic E-state index is 0.357. The van der Waals surface area contributed by atoms with Crippen LogP contribution in [0.3, 0.4) is 0 Å². The Morgan fingerprint density at radius 1 is 1.00 bits per heavy atom. The number of likely N-dealkylation sites (tertiary alicyclic amines) is 1. The summed E-state index contributed by atoms with van der Waals surface area (Å²) in [5.74, 6) is 2.28. The van der Waals surface area contributed by atoms with Gasteiger partial charge in [-0.1, -0.05) is 42.5 Å². The van der Waals surface area contributed by atoms with Crippen molar-refractivity contribution in [3.8, 4) is 5.75 Å². The number of nitrogens with one attached hydrogen (secondary N) is 3. The van der Waals surface area contributed by atoms with Crippen LogP contribution in [0.5, 0.6) is 5.75 Å². The predicted molar refractivity (Wildman–Crippen MR) is 135 cm³/mol. The molecule has 5 rings (SSSR count). The lowest BCUT2D eigenvalue weighted by Crippen LogP contribution is -2.39. The molecule has 0 bridgehead atoms. The summed E-state index contributed by atoms with van der Waals surface area (Å²) < 4.78 is 5.24. The fourth-order valence-electron chi connectivity index (χ4n) is 4.40. The zero-order valence-electron chi connectivity index (χ0n) is 19.5. The molecule has 34 heavy (non-hydrogen) atoms. The number of aromatic amines is 1. The normalized spacial score (nSPS) is 14.9. The molecule has 0 unspecified atom stereocenters. The molecule has 3 heterocycles. The van der Waals surface area contributed by atoms with E-state index in [2.05, 4.69) is 72.9 Å². The maximum atomic E-state index is 5.24. The van der Waals surface area contributed by atoms with E-state index in [1.54, 1.807) is 13.4 Å². The predicted octanol–water partition coefficient (Wildman–Crippen LogP) is 4.09. The Kier molecular flexibility index (Phi) is 6.86. The van der Waals surface area contributed by atoms with Gasteiger partial charge >= 0.3 is 0 Å². The van der Waals surface area contributed by atoms with Crippen molar-refractivity contribution in [2.45, 2.75) is 31.8 Å². The van der Waals surface area contributed by atoms with Crippen LogP contribution in [-0.4, -0.2) is 57.6 Å². The number of hydrogen-bond donors (Lipinski definition) is 3. The highest BCUT2D eigenvalue weighted by atomic mass is 16.5. The fraction of sp³-hybridized carbons (Fsp3) is 0.346. The number of ether oxygens (including phenoxy) is 1. The lowest BCUT2D eigenvalue weighted by Gasteiger charge is -2.32. The highest BCUT2D eigenvalue weighted by Crippen LogP contribution is 2.22. The molecule has 0 spiro atoms. The number of fused-ring (bicyclic) bond motifs is 1. The Morgan fingerprint density at radius 3 is 2.56 bits per heavy atom. The quantitative estimate of drug-likeness (QED) is 0.349. The number of anilines is 2. The van der Waals surface area contributed by atoms with Crippen molar-refractivity contribution in [1.82, 2.24) is 24.8 Å². The van der Waals surface area contributed by atoms with Crippen LogP contribution in [0, 0.1) is 0 Å². The number of imidazole rings is 1. The number of hydrogen-bond acceptors (Lipinski definition) is 7. The summed E-state index contributed by atoms with van der Waals surface area (Å²) in [6, 6.07) is 19.2. The van der Waals surface area contributed by atoms with Gasteiger partial charge in [-0.25, -0.2) is 4.98 Å². The third-order valence-electron chi connectivity index (χ3n) is 6.32. The van der Waals surface area contributed by atoms with Gasteiger partial charge in [0, 0.05) is 32.2 Å². The minimum Gasteiger partial charge on any atom is -0.497 e. The molecule has 2 aromatic carbocycles. The third kappa shape index (κ3) is 5.46. The molecule has 176 valence electrons. The van der Waals surface area contributed by atoms with Crippen LogP contribution in [-0.2, 0) is 13.0 Å². The molecule has 0 aliphatic carbocycles. The summed E-state index contributed by atoms with van der Waals surface area (Å²) in [6.45, 7) is 3.88. The first-order valence-electron chi connectivity index (χ1n) is 11.9. The van der Waals surface area contributed by atoms with Gasteiger partial charge in [-0.05, 0) is 42.5 Å². The van der Waals surface area contributed by atoms with E-state index < -0.39 is 0 Å². The van der Waals surface area contributed by atoms with Gasteiger partial charge in [0.1, 0.15) is 11.3 Å². The number of methoxy groups -OCH3 is 1. The topological polar surface area (TPSA) is 91.0 Å². The number of nitrogens with zero attached hydrogens (tertiary/aromatic N) is 4.